The quantitative estimate of drug-likeness (QED) is 0.635. The highest BCUT2D eigenvalue weighted by Crippen LogP contribution is 2.30. The van der Waals surface area contributed by atoms with Crippen LogP contribution in [0.15, 0.2) is 18.2 Å². The van der Waals surface area contributed by atoms with Gasteiger partial charge in [0.2, 0.25) is 6.41 Å². The van der Waals surface area contributed by atoms with Crippen molar-refractivity contribution in [2.75, 3.05) is 0 Å². The number of hydrogen-bond acceptors (Lipinski definition) is 1. The molecule has 0 aliphatic heterocycles. The third-order valence-electron chi connectivity index (χ3n) is 1.76. The van der Waals surface area contributed by atoms with Gasteiger partial charge in [0.1, 0.15) is 5.82 Å². The van der Waals surface area contributed by atoms with E-state index in [4.69, 9.17) is 0 Å². The summed E-state index contributed by atoms with van der Waals surface area (Å²) in [5.74, 6) is -0.987. The summed E-state index contributed by atoms with van der Waals surface area (Å²) < 4.78 is 49.4. The van der Waals surface area contributed by atoms with Crippen molar-refractivity contribution in [1.29, 1.82) is 0 Å². The molecule has 1 aromatic carbocycles. The Bertz CT molecular complexity index is 362. The smallest absolute Gasteiger partial charge is 0.354 e. The lowest BCUT2D eigenvalue weighted by molar-refractivity contribution is -0.137. The topological polar surface area (TPSA) is 29.1 Å². The maximum atomic E-state index is 13.0. The lowest BCUT2D eigenvalue weighted by Crippen LogP contribution is -2.12. The number of alkyl halides is 3. The first-order chi connectivity index (χ1) is 6.95. The van der Waals surface area contributed by atoms with Crippen LogP contribution in [0, 0.1) is 5.82 Å². The molecule has 0 bridgehead atoms. The van der Waals surface area contributed by atoms with Gasteiger partial charge in [0, 0.05) is 12.1 Å². The highest BCUT2D eigenvalue weighted by atomic mass is 19.4. The highest BCUT2D eigenvalue weighted by molar-refractivity contribution is 5.46. The van der Waals surface area contributed by atoms with Crippen molar-refractivity contribution in [2.45, 2.75) is 20.1 Å². The lowest BCUT2D eigenvalue weighted by Gasteiger charge is -2.08. The SMILES string of the molecule is C.O=CNCc1ccc(C(F)(F)F)cc1F. The zero-order chi connectivity index (χ0) is 11.5. The number of carbonyl (C=O) groups is 1. The number of rotatable bonds is 3. The van der Waals surface area contributed by atoms with E-state index in [-0.39, 0.29) is 19.5 Å². The van der Waals surface area contributed by atoms with Crippen molar-refractivity contribution in [3.05, 3.63) is 35.1 Å². The van der Waals surface area contributed by atoms with Gasteiger partial charge >= 0.3 is 6.18 Å². The van der Waals surface area contributed by atoms with Gasteiger partial charge in [0.25, 0.3) is 0 Å². The predicted molar refractivity (Wildman–Crippen MR) is 51.0 cm³/mol. The Morgan fingerprint density at radius 2 is 1.94 bits per heavy atom. The molecular formula is C10H11F4NO. The fourth-order valence-electron chi connectivity index (χ4n) is 1.02. The van der Waals surface area contributed by atoms with Gasteiger partial charge in [-0.05, 0) is 12.1 Å². The molecule has 0 spiro atoms. The number of benzene rings is 1. The van der Waals surface area contributed by atoms with Gasteiger partial charge < -0.3 is 5.32 Å². The maximum absolute atomic E-state index is 13.0. The number of nitrogens with one attached hydrogen (secondary N) is 1. The Hall–Kier alpha value is -1.59. The number of halogens is 4. The number of carbonyl (C=O) groups excluding carboxylic acids is 1. The molecule has 1 aromatic rings. The minimum atomic E-state index is -4.56. The molecule has 6 heteroatoms. The molecule has 1 N–H and O–H groups in total. The zero-order valence-corrected chi connectivity index (χ0v) is 7.44. The summed E-state index contributed by atoms with van der Waals surface area (Å²) in [5, 5.41) is 2.16. The van der Waals surface area contributed by atoms with Crippen LogP contribution < -0.4 is 5.32 Å². The van der Waals surface area contributed by atoms with Crippen LogP contribution in [-0.4, -0.2) is 6.41 Å². The van der Waals surface area contributed by atoms with Gasteiger partial charge in [-0.3, -0.25) is 4.79 Å². The van der Waals surface area contributed by atoms with Crippen LogP contribution in [-0.2, 0) is 17.5 Å². The third-order valence-corrected chi connectivity index (χ3v) is 1.76. The Balaban J connectivity index is 0.00000225. The van der Waals surface area contributed by atoms with Crippen LogP contribution in [0.4, 0.5) is 17.6 Å². The molecule has 90 valence electrons. The van der Waals surface area contributed by atoms with Crippen molar-refractivity contribution < 1.29 is 22.4 Å². The van der Waals surface area contributed by atoms with Gasteiger partial charge in [-0.15, -0.1) is 0 Å². The standard InChI is InChI=1S/C9H7F4NO.CH4/c10-8-3-7(9(11,12)13)2-1-6(8)4-14-5-15;/h1-3,5H,4H2,(H,14,15);1H4. The van der Waals surface area contributed by atoms with E-state index in [0.717, 1.165) is 12.1 Å². The largest absolute Gasteiger partial charge is 0.416 e. The zero-order valence-electron chi connectivity index (χ0n) is 7.44. The van der Waals surface area contributed by atoms with E-state index in [0.29, 0.717) is 12.5 Å². The average molecular weight is 237 g/mol. The van der Waals surface area contributed by atoms with Crippen LogP contribution in [0.3, 0.4) is 0 Å². The number of amides is 1. The van der Waals surface area contributed by atoms with Gasteiger partial charge in [0.15, 0.2) is 0 Å². The second-order valence-corrected chi connectivity index (χ2v) is 2.80. The van der Waals surface area contributed by atoms with Crippen LogP contribution in [0.25, 0.3) is 0 Å². The first-order valence-electron chi connectivity index (χ1n) is 3.98. The molecule has 1 amide bonds. The molecule has 0 saturated heterocycles. The van der Waals surface area contributed by atoms with Crippen LogP contribution in [0.5, 0.6) is 0 Å². The summed E-state index contributed by atoms with van der Waals surface area (Å²) in [4.78, 5) is 9.90. The van der Waals surface area contributed by atoms with E-state index >= 15 is 0 Å². The molecule has 0 atom stereocenters. The van der Waals surface area contributed by atoms with E-state index in [1.54, 1.807) is 0 Å². The lowest BCUT2D eigenvalue weighted by atomic mass is 10.1. The normalized spacial score (nSPS) is 10.5. The average Bonchev–Trinajstić information content (AvgIpc) is 2.14. The van der Waals surface area contributed by atoms with E-state index < -0.39 is 17.6 Å². The molecule has 0 aliphatic rings. The minimum absolute atomic E-state index is 0. The summed E-state index contributed by atoms with van der Waals surface area (Å²) in [6.07, 6.45) is -4.21. The number of hydrogen-bond donors (Lipinski definition) is 1. The summed E-state index contributed by atoms with van der Waals surface area (Å²) >= 11 is 0. The Morgan fingerprint density at radius 1 is 1.31 bits per heavy atom. The van der Waals surface area contributed by atoms with Gasteiger partial charge in [0.05, 0.1) is 5.56 Å². The third kappa shape index (κ3) is 3.52. The van der Waals surface area contributed by atoms with Crippen LogP contribution in [0.1, 0.15) is 18.6 Å². The maximum Gasteiger partial charge on any atom is 0.416 e. The molecule has 2 nitrogen and oxygen atoms in total. The highest BCUT2D eigenvalue weighted by Gasteiger charge is 2.31. The van der Waals surface area contributed by atoms with Crippen LogP contribution in [0.2, 0.25) is 0 Å². The summed E-state index contributed by atoms with van der Waals surface area (Å²) in [5.41, 5.74) is -1.04. The molecule has 0 heterocycles. The Morgan fingerprint density at radius 3 is 2.38 bits per heavy atom. The van der Waals surface area contributed by atoms with Crippen LogP contribution >= 0.6 is 0 Å². The molecule has 0 radical (unpaired) electrons. The van der Waals surface area contributed by atoms with Gasteiger partial charge in [-0.25, -0.2) is 4.39 Å². The van der Waals surface area contributed by atoms with E-state index in [2.05, 4.69) is 5.32 Å². The second-order valence-electron chi connectivity index (χ2n) is 2.80. The van der Waals surface area contributed by atoms with E-state index in [1.165, 1.54) is 0 Å². The Labute approximate surface area is 90.3 Å². The molecule has 1 rings (SSSR count). The van der Waals surface area contributed by atoms with Crippen molar-refractivity contribution >= 4 is 6.41 Å². The summed E-state index contributed by atoms with van der Waals surface area (Å²) in [6.45, 7) is -0.131. The second kappa shape index (κ2) is 5.48. The molecular weight excluding hydrogens is 226 g/mol. The molecule has 0 aromatic heterocycles. The molecule has 0 unspecified atom stereocenters. The predicted octanol–water partition coefficient (Wildman–Crippen LogP) is 2.73. The Kier molecular flexibility index (Phi) is 4.94. The fourth-order valence-corrected chi connectivity index (χ4v) is 1.02. The molecule has 0 aliphatic carbocycles. The molecule has 16 heavy (non-hydrogen) atoms. The van der Waals surface area contributed by atoms with Crippen molar-refractivity contribution in [3.63, 3.8) is 0 Å². The molecule has 0 saturated carbocycles. The van der Waals surface area contributed by atoms with Gasteiger partial charge in [-0.2, -0.15) is 13.2 Å². The van der Waals surface area contributed by atoms with Gasteiger partial charge in [-0.1, -0.05) is 13.5 Å². The van der Waals surface area contributed by atoms with Crippen molar-refractivity contribution in [1.82, 2.24) is 5.32 Å². The molecule has 0 fully saturated rings. The van der Waals surface area contributed by atoms with Crippen molar-refractivity contribution in [3.8, 4) is 0 Å². The fraction of sp³-hybridized carbons (Fsp3) is 0.300. The first-order valence-corrected chi connectivity index (χ1v) is 3.98. The summed E-state index contributed by atoms with van der Waals surface area (Å²) in [6, 6.07) is 2.17. The van der Waals surface area contributed by atoms with E-state index in [9.17, 15) is 22.4 Å². The summed E-state index contributed by atoms with van der Waals surface area (Å²) in [7, 11) is 0. The first kappa shape index (κ1) is 14.4. The van der Waals surface area contributed by atoms with E-state index in [1.807, 2.05) is 0 Å². The minimum Gasteiger partial charge on any atom is -0.354 e. The monoisotopic (exact) mass is 237 g/mol. The van der Waals surface area contributed by atoms with Crippen molar-refractivity contribution in [2.24, 2.45) is 0 Å².